The average molecular weight is 308 g/mol. The van der Waals surface area contributed by atoms with Crippen LogP contribution in [-0.4, -0.2) is 21.9 Å². The number of aryl methyl sites for hydroxylation is 1. The number of carbonyl (C=O) groups excluding carboxylic acids is 1. The Bertz CT molecular complexity index is 913. The molecule has 1 aliphatic heterocycles. The van der Waals surface area contributed by atoms with E-state index in [-0.39, 0.29) is 11.7 Å². The van der Waals surface area contributed by atoms with Crippen LogP contribution in [0.5, 0.6) is 0 Å². The highest BCUT2D eigenvalue weighted by Crippen LogP contribution is 2.30. The van der Waals surface area contributed by atoms with Crippen molar-refractivity contribution >= 4 is 16.8 Å². The molecule has 2 aromatic carbocycles. The quantitative estimate of drug-likeness (QED) is 0.675. The van der Waals surface area contributed by atoms with E-state index in [1.165, 1.54) is 34.3 Å². The maximum absolute atomic E-state index is 13.4. The molecule has 0 fully saturated rings. The Labute approximate surface area is 133 Å². The van der Waals surface area contributed by atoms with Gasteiger partial charge in [-0.05, 0) is 36.2 Å². The fourth-order valence-corrected chi connectivity index (χ4v) is 3.49. The van der Waals surface area contributed by atoms with E-state index in [0.29, 0.717) is 18.7 Å². The van der Waals surface area contributed by atoms with Crippen LogP contribution in [0.2, 0.25) is 0 Å². The van der Waals surface area contributed by atoms with Crippen molar-refractivity contribution in [2.75, 3.05) is 6.54 Å². The standard InChI is InChI=1S/C19H17FN2O/c1-21-17-8-3-2-7-15(17)16-9-10-22(12-18(16)21)19(23)13-5-4-6-14(20)11-13/h2-8,11H,9-10,12H2,1H3. The third-order valence-corrected chi connectivity index (χ3v) is 4.67. The summed E-state index contributed by atoms with van der Waals surface area (Å²) in [5.74, 6) is -0.487. The lowest BCUT2D eigenvalue weighted by Gasteiger charge is -2.28. The maximum Gasteiger partial charge on any atom is 0.254 e. The SMILES string of the molecule is Cn1c2c(c3ccccc31)CCN(C(=O)c1cccc(F)c1)C2. The molecule has 0 radical (unpaired) electrons. The molecule has 3 aromatic rings. The van der Waals surface area contributed by atoms with E-state index >= 15 is 0 Å². The number of hydrogen-bond acceptors (Lipinski definition) is 1. The zero-order valence-corrected chi connectivity index (χ0v) is 12.9. The fourth-order valence-electron chi connectivity index (χ4n) is 3.49. The molecule has 0 bridgehead atoms. The molecule has 3 nitrogen and oxygen atoms in total. The number of para-hydroxylation sites is 1. The fraction of sp³-hybridized carbons (Fsp3) is 0.211. The second-order valence-electron chi connectivity index (χ2n) is 5.99. The second-order valence-corrected chi connectivity index (χ2v) is 5.99. The lowest BCUT2D eigenvalue weighted by atomic mass is 10.0. The Morgan fingerprint density at radius 3 is 2.78 bits per heavy atom. The molecule has 0 saturated heterocycles. The molecule has 4 rings (SSSR count). The van der Waals surface area contributed by atoms with Gasteiger partial charge in [0.2, 0.25) is 0 Å². The second kappa shape index (κ2) is 5.23. The Morgan fingerprint density at radius 1 is 1.13 bits per heavy atom. The first-order chi connectivity index (χ1) is 11.1. The normalized spacial score (nSPS) is 14.1. The van der Waals surface area contributed by atoms with Crippen LogP contribution in [-0.2, 0) is 20.0 Å². The molecule has 1 amide bonds. The first-order valence-electron chi connectivity index (χ1n) is 7.75. The Morgan fingerprint density at radius 2 is 1.96 bits per heavy atom. The van der Waals surface area contributed by atoms with Gasteiger partial charge in [0.05, 0.1) is 6.54 Å². The highest BCUT2D eigenvalue weighted by atomic mass is 19.1. The molecule has 0 N–H and O–H groups in total. The molecule has 4 heteroatoms. The third kappa shape index (κ3) is 2.22. The molecule has 0 saturated carbocycles. The first kappa shape index (κ1) is 14.0. The van der Waals surface area contributed by atoms with Gasteiger partial charge in [-0.25, -0.2) is 4.39 Å². The molecule has 0 spiro atoms. The molecule has 116 valence electrons. The van der Waals surface area contributed by atoms with E-state index in [9.17, 15) is 9.18 Å². The van der Waals surface area contributed by atoms with Crippen molar-refractivity contribution in [3.8, 4) is 0 Å². The predicted molar refractivity (Wildman–Crippen MR) is 87.8 cm³/mol. The van der Waals surface area contributed by atoms with Crippen LogP contribution in [0.25, 0.3) is 10.9 Å². The number of benzene rings is 2. The van der Waals surface area contributed by atoms with Crippen molar-refractivity contribution in [1.29, 1.82) is 0 Å². The summed E-state index contributed by atoms with van der Waals surface area (Å²) < 4.78 is 15.5. The van der Waals surface area contributed by atoms with Gasteiger partial charge in [0.15, 0.2) is 0 Å². The molecule has 0 aliphatic carbocycles. The van der Waals surface area contributed by atoms with E-state index in [2.05, 4.69) is 16.7 Å². The molecule has 23 heavy (non-hydrogen) atoms. The molecular formula is C19H17FN2O. The molecular weight excluding hydrogens is 291 g/mol. The zero-order chi connectivity index (χ0) is 16.0. The van der Waals surface area contributed by atoms with E-state index in [1.54, 1.807) is 17.0 Å². The minimum absolute atomic E-state index is 0.111. The smallest absolute Gasteiger partial charge is 0.254 e. The summed E-state index contributed by atoms with van der Waals surface area (Å²) in [6.45, 7) is 1.23. The summed E-state index contributed by atoms with van der Waals surface area (Å²) in [7, 11) is 2.04. The van der Waals surface area contributed by atoms with Gasteiger partial charge in [0, 0.05) is 35.8 Å². The Balaban J connectivity index is 1.70. The summed E-state index contributed by atoms with van der Waals surface area (Å²) in [6, 6.07) is 14.2. The monoisotopic (exact) mass is 308 g/mol. The van der Waals surface area contributed by atoms with Gasteiger partial charge in [-0.1, -0.05) is 24.3 Å². The number of nitrogens with zero attached hydrogens (tertiary/aromatic N) is 2. The van der Waals surface area contributed by atoms with Gasteiger partial charge in [-0.15, -0.1) is 0 Å². The van der Waals surface area contributed by atoms with E-state index in [0.717, 1.165) is 6.42 Å². The third-order valence-electron chi connectivity index (χ3n) is 4.67. The van der Waals surface area contributed by atoms with Gasteiger partial charge in [0.1, 0.15) is 5.82 Å². The number of fused-ring (bicyclic) bond motifs is 3. The molecule has 0 atom stereocenters. The van der Waals surface area contributed by atoms with Crippen LogP contribution in [0.15, 0.2) is 48.5 Å². The van der Waals surface area contributed by atoms with Crippen LogP contribution in [0.4, 0.5) is 4.39 Å². The summed E-state index contributed by atoms with van der Waals surface area (Å²) in [6.07, 6.45) is 0.831. The van der Waals surface area contributed by atoms with Crippen LogP contribution < -0.4 is 0 Å². The van der Waals surface area contributed by atoms with Crippen LogP contribution >= 0.6 is 0 Å². The van der Waals surface area contributed by atoms with Crippen molar-refractivity contribution in [2.24, 2.45) is 7.05 Å². The topological polar surface area (TPSA) is 25.2 Å². The van der Waals surface area contributed by atoms with E-state index in [4.69, 9.17) is 0 Å². The van der Waals surface area contributed by atoms with Gasteiger partial charge >= 0.3 is 0 Å². The van der Waals surface area contributed by atoms with Crippen LogP contribution in [0.3, 0.4) is 0 Å². The summed E-state index contributed by atoms with van der Waals surface area (Å²) in [4.78, 5) is 14.4. The summed E-state index contributed by atoms with van der Waals surface area (Å²) >= 11 is 0. The number of carbonyl (C=O) groups is 1. The molecule has 1 aromatic heterocycles. The highest BCUT2D eigenvalue weighted by Gasteiger charge is 2.26. The lowest BCUT2D eigenvalue weighted by Crippen LogP contribution is -2.36. The van der Waals surface area contributed by atoms with Crippen LogP contribution in [0.1, 0.15) is 21.6 Å². The zero-order valence-electron chi connectivity index (χ0n) is 12.9. The summed E-state index contributed by atoms with van der Waals surface area (Å²) in [5, 5.41) is 1.27. The number of amides is 1. The van der Waals surface area contributed by atoms with Crippen molar-refractivity contribution in [1.82, 2.24) is 9.47 Å². The number of hydrogen-bond donors (Lipinski definition) is 0. The van der Waals surface area contributed by atoms with Crippen molar-refractivity contribution < 1.29 is 9.18 Å². The highest BCUT2D eigenvalue weighted by molar-refractivity contribution is 5.95. The number of aromatic nitrogens is 1. The van der Waals surface area contributed by atoms with Crippen molar-refractivity contribution in [3.63, 3.8) is 0 Å². The first-order valence-corrected chi connectivity index (χ1v) is 7.75. The Hall–Kier alpha value is -2.62. The van der Waals surface area contributed by atoms with Gasteiger partial charge in [-0.3, -0.25) is 4.79 Å². The minimum Gasteiger partial charge on any atom is -0.346 e. The van der Waals surface area contributed by atoms with E-state index in [1.807, 2.05) is 19.2 Å². The predicted octanol–water partition coefficient (Wildman–Crippen LogP) is 3.52. The minimum atomic E-state index is -0.377. The largest absolute Gasteiger partial charge is 0.346 e. The van der Waals surface area contributed by atoms with Crippen LogP contribution in [0, 0.1) is 5.82 Å². The van der Waals surface area contributed by atoms with Gasteiger partial charge < -0.3 is 9.47 Å². The average Bonchev–Trinajstić information content (AvgIpc) is 2.87. The Kier molecular flexibility index (Phi) is 3.18. The van der Waals surface area contributed by atoms with Gasteiger partial charge in [0.25, 0.3) is 5.91 Å². The van der Waals surface area contributed by atoms with Crippen molar-refractivity contribution in [2.45, 2.75) is 13.0 Å². The molecule has 2 heterocycles. The van der Waals surface area contributed by atoms with Crippen molar-refractivity contribution in [3.05, 3.63) is 71.2 Å². The number of halogens is 1. The lowest BCUT2D eigenvalue weighted by molar-refractivity contribution is 0.0730. The molecule has 0 unspecified atom stereocenters. The maximum atomic E-state index is 13.4. The molecule has 1 aliphatic rings. The summed E-state index contributed by atoms with van der Waals surface area (Å²) in [5.41, 5.74) is 4.10. The number of rotatable bonds is 1. The van der Waals surface area contributed by atoms with E-state index < -0.39 is 0 Å². The van der Waals surface area contributed by atoms with Gasteiger partial charge in [-0.2, -0.15) is 0 Å².